The summed E-state index contributed by atoms with van der Waals surface area (Å²) >= 11 is 0. The van der Waals surface area contributed by atoms with Crippen LogP contribution in [0.4, 0.5) is 5.69 Å². The molecular formula is C22H18N2O3. The molecular weight excluding hydrogens is 340 g/mol. The maximum Gasteiger partial charge on any atom is 0.269 e. The average molecular weight is 358 g/mol. The van der Waals surface area contributed by atoms with Crippen LogP contribution in [0.1, 0.15) is 22.7 Å². The van der Waals surface area contributed by atoms with Crippen LogP contribution >= 0.6 is 0 Å². The summed E-state index contributed by atoms with van der Waals surface area (Å²) in [5.74, 6) is 6.14. The summed E-state index contributed by atoms with van der Waals surface area (Å²) in [6, 6.07) is 24.5. The molecule has 0 spiro atoms. The fourth-order valence-corrected chi connectivity index (χ4v) is 2.64. The Hall–Kier alpha value is -3.46. The lowest BCUT2D eigenvalue weighted by atomic mass is 10.0. The van der Waals surface area contributed by atoms with Crippen molar-refractivity contribution in [1.29, 1.82) is 0 Å². The van der Waals surface area contributed by atoms with Crippen molar-refractivity contribution in [3.05, 3.63) is 112 Å². The van der Waals surface area contributed by atoms with E-state index in [1.54, 1.807) is 12.1 Å². The van der Waals surface area contributed by atoms with Crippen molar-refractivity contribution in [3.63, 3.8) is 0 Å². The highest BCUT2D eigenvalue weighted by Gasteiger charge is 2.18. The molecule has 5 nitrogen and oxygen atoms in total. The Kier molecular flexibility index (Phi) is 5.95. The quantitative estimate of drug-likeness (QED) is 0.412. The Balaban J connectivity index is 1.90. The molecule has 0 bridgehead atoms. The van der Waals surface area contributed by atoms with Crippen LogP contribution in [0.2, 0.25) is 0 Å². The molecule has 0 aromatic heterocycles. The van der Waals surface area contributed by atoms with Gasteiger partial charge < -0.3 is 5.21 Å². The molecule has 3 rings (SSSR count). The summed E-state index contributed by atoms with van der Waals surface area (Å²) in [6.07, 6.45) is 0. The molecule has 0 radical (unpaired) electrons. The SMILES string of the molecule is O=[N+]([O-])c1ccc(C(C#Cc2ccccc2)N(O)Cc2ccccc2)cc1. The summed E-state index contributed by atoms with van der Waals surface area (Å²) in [4.78, 5) is 10.4. The largest absolute Gasteiger partial charge is 0.312 e. The number of hydrogen-bond donors (Lipinski definition) is 1. The van der Waals surface area contributed by atoms with E-state index in [1.807, 2.05) is 60.7 Å². The highest BCUT2D eigenvalue weighted by atomic mass is 16.6. The normalized spacial score (nSPS) is 11.5. The van der Waals surface area contributed by atoms with E-state index >= 15 is 0 Å². The van der Waals surface area contributed by atoms with Crippen LogP contribution in [0.15, 0.2) is 84.9 Å². The summed E-state index contributed by atoms with van der Waals surface area (Å²) in [5, 5.41) is 22.7. The minimum Gasteiger partial charge on any atom is -0.312 e. The summed E-state index contributed by atoms with van der Waals surface area (Å²) in [6.45, 7) is 0.284. The van der Waals surface area contributed by atoms with E-state index in [0.29, 0.717) is 5.56 Å². The summed E-state index contributed by atoms with van der Waals surface area (Å²) in [7, 11) is 0. The predicted octanol–water partition coefficient (Wildman–Crippen LogP) is 4.58. The fourth-order valence-electron chi connectivity index (χ4n) is 2.64. The molecule has 5 heteroatoms. The Bertz CT molecular complexity index is 946. The van der Waals surface area contributed by atoms with Crippen molar-refractivity contribution in [2.45, 2.75) is 12.6 Å². The number of nitrogens with zero attached hydrogens (tertiary/aromatic N) is 2. The first-order chi connectivity index (χ1) is 13.1. The van der Waals surface area contributed by atoms with Crippen LogP contribution in [0, 0.1) is 22.0 Å². The van der Waals surface area contributed by atoms with Gasteiger partial charge in [0.2, 0.25) is 0 Å². The standard InChI is InChI=1S/C22H18N2O3/c25-23(17-19-9-5-2-6-10-19)22(16-11-18-7-3-1-4-8-18)20-12-14-21(15-13-20)24(26)27/h1-10,12-15,22,25H,17H2. The monoisotopic (exact) mass is 358 g/mol. The molecule has 0 saturated carbocycles. The fraction of sp³-hybridized carbons (Fsp3) is 0.0909. The van der Waals surface area contributed by atoms with E-state index < -0.39 is 11.0 Å². The Morgan fingerprint density at radius 3 is 2.11 bits per heavy atom. The first-order valence-electron chi connectivity index (χ1n) is 8.44. The van der Waals surface area contributed by atoms with Crippen molar-refractivity contribution in [3.8, 4) is 11.8 Å². The predicted molar refractivity (Wildman–Crippen MR) is 103 cm³/mol. The minimum absolute atomic E-state index is 0.000989. The molecule has 0 heterocycles. The van der Waals surface area contributed by atoms with E-state index in [4.69, 9.17) is 0 Å². The lowest BCUT2D eigenvalue weighted by Gasteiger charge is -2.22. The van der Waals surface area contributed by atoms with Crippen LogP contribution in [0.3, 0.4) is 0 Å². The van der Waals surface area contributed by atoms with E-state index in [1.165, 1.54) is 12.1 Å². The van der Waals surface area contributed by atoms with Gasteiger partial charge in [0.25, 0.3) is 5.69 Å². The topological polar surface area (TPSA) is 66.6 Å². The number of hydrogen-bond acceptors (Lipinski definition) is 4. The Labute approximate surface area is 157 Å². The Morgan fingerprint density at radius 1 is 0.926 bits per heavy atom. The van der Waals surface area contributed by atoms with E-state index in [2.05, 4.69) is 11.8 Å². The second kappa shape index (κ2) is 8.77. The molecule has 0 fully saturated rings. The van der Waals surface area contributed by atoms with Gasteiger partial charge in [-0.15, -0.1) is 0 Å². The average Bonchev–Trinajstić information content (AvgIpc) is 2.70. The molecule has 1 unspecified atom stereocenters. The third-order valence-electron chi connectivity index (χ3n) is 4.03. The number of nitro benzene ring substituents is 1. The van der Waals surface area contributed by atoms with Crippen molar-refractivity contribution < 1.29 is 10.1 Å². The van der Waals surface area contributed by atoms with Gasteiger partial charge in [-0.25, -0.2) is 0 Å². The molecule has 3 aromatic rings. The second-order valence-corrected chi connectivity index (χ2v) is 5.97. The molecule has 0 aliphatic carbocycles. The summed E-state index contributed by atoms with van der Waals surface area (Å²) in [5.41, 5.74) is 2.45. The van der Waals surface area contributed by atoms with E-state index in [0.717, 1.165) is 16.2 Å². The number of benzene rings is 3. The van der Waals surface area contributed by atoms with Crippen molar-refractivity contribution in [2.24, 2.45) is 0 Å². The van der Waals surface area contributed by atoms with Crippen molar-refractivity contribution in [2.75, 3.05) is 0 Å². The van der Waals surface area contributed by atoms with Crippen LogP contribution in [0.25, 0.3) is 0 Å². The number of non-ortho nitro benzene ring substituents is 1. The van der Waals surface area contributed by atoms with E-state index in [-0.39, 0.29) is 12.2 Å². The van der Waals surface area contributed by atoms with Gasteiger partial charge in [0.05, 0.1) is 11.5 Å². The molecule has 134 valence electrons. The highest BCUT2D eigenvalue weighted by Crippen LogP contribution is 2.23. The number of nitro groups is 1. The lowest BCUT2D eigenvalue weighted by molar-refractivity contribution is -0.384. The van der Waals surface area contributed by atoms with Gasteiger partial charge >= 0.3 is 0 Å². The zero-order chi connectivity index (χ0) is 19.1. The van der Waals surface area contributed by atoms with Crippen LogP contribution in [0.5, 0.6) is 0 Å². The van der Waals surface area contributed by atoms with Gasteiger partial charge in [-0.3, -0.25) is 10.1 Å². The number of hydroxylamine groups is 2. The van der Waals surface area contributed by atoms with Crippen molar-refractivity contribution in [1.82, 2.24) is 5.06 Å². The molecule has 0 aliphatic rings. The third-order valence-corrected chi connectivity index (χ3v) is 4.03. The smallest absolute Gasteiger partial charge is 0.269 e. The van der Waals surface area contributed by atoms with Gasteiger partial charge in [0.1, 0.15) is 6.04 Å². The first kappa shape index (κ1) is 18.3. The maximum atomic E-state index is 10.9. The zero-order valence-corrected chi connectivity index (χ0v) is 14.5. The third kappa shape index (κ3) is 5.02. The molecule has 0 aliphatic heterocycles. The number of rotatable bonds is 5. The van der Waals surface area contributed by atoms with Gasteiger partial charge in [-0.1, -0.05) is 60.4 Å². The summed E-state index contributed by atoms with van der Waals surface area (Å²) < 4.78 is 0. The van der Waals surface area contributed by atoms with Gasteiger partial charge in [0.15, 0.2) is 0 Å². The van der Waals surface area contributed by atoms with Gasteiger partial charge in [0, 0.05) is 17.7 Å². The lowest BCUT2D eigenvalue weighted by Crippen LogP contribution is -2.24. The molecule has 27 heavy (non-hydrogen) atoms. The maximum absolute atomic E-state index is 10.9. The van der Waals surface area contributed by atoms with Gasteiger partial charge in [-0.2, -0.15) is 5.06 Å². The minimum atomic E-state index is -0.619. The van der Waals surface area contributed by atoms with Crippen molar-refractivity contribution >= 4 is 5.69 Å². The van der Waals surface area contributed by atoms with Crippen LogP contribution in [-0.2, 0) is 6.54 Å². The first-order valence-corrected chi connectivity index (χ1v) is 8.44. The Morgan fingerprint density at radius 2 is 1.52 bits per heavy atom. The highest BCUT2D eigenvalue weighted by molar-refractivity contribution is 5.40. The molecule has 0 saturated heterocycles. The van der Waals surface area contributed by atoms with Gasteiger partial charge in [-0.05, 0) is 35.4 Å². The molecule has 3 aromatic carbocycles. The molecule has 0 amide bonds. The van der Waals surface area contributed by atoms with Crippen LogP contribution < -0.4 is 0 Å². The van der Waals surface area contributed by atoms with E-state index in [9.17, 15) is 15.3 Å². The molecule has 1 atom stereocenters. The second-order valence-electron chi connectivity index (χ2n) is 5.97. The van der Waals surface area contributed by atoms with Crippen LogP contribution in [-0.4, -0.2) is 15.2 Å². The molecule has 1 N–H and O–H groups in total. The zero-order valence-electron chi connectivity index (χ0n) is 14.5.